The maximum Gasteiger partial charge on any atom is 0.332 e. The molecule has 0 unspecified atom stereocenters. The molecule has 112 valence electrons. The van der Waals surface area contributed by atoms with E-state index in [0.29, 0.717) is 16.8 Å². The number of carbonyl (C=O) groups is 2. The Bertz CT molecular complexity index is 927. The van der Waals surface area contributed by atoms with Gasteiger partial charge in [0.2, 0.25) is 0 Å². The normalized spacial score (nSPS) is 13.1. The van der Waals surface area contributed by atoms with Gasteiger partial charge in [0, 0.05) is 18.1 Å². The van der Waals surface area contributed by atoms with Crippen molar-refractivity contribution in [1.82, 2.24) is 9.97 Å². The molecule has 23 heavy (non-hydrogen) atoms. The van der Waals surface area contributed by atoms with Crippen LogP contribution in [0.15, 0.2) is 29.4 Å². The van der Waals surface area contributed by atoms with Crippen molar-refractivity contribution >= 4 is 17.6 Å². The van der Waals surface area contributed by atoms with Crippen LogP contribution in [0, 0.1) is 11.3 Å². The zero-order valence-electron chi connectivity index (χ0n) is 11.9. The standard InChI is InChI=1S/C15H9N5O3/c1-7(21)23-20-12-9-5-3-2-4-8(9)11-14(12)18-10(6-16)13(19-11)15(17)22/h2-5H,1H3,(H2,17,22)/b20-12-. The van der Waals surface area contributed by atoms with E-state index in [1.807, 2.05) is 0 Å². The van der Waals surface area contributed by atoms with Crippen LogP contribution in [0.4, 0.5) is 0 Å². The van der Waals surface area contributed by atoms with Gasteiger partial charge in [0.15, 0.2) is 11.4 Å². The fraction of sp³-hybridized carbons (Fsp3) is 0.0667. The second-order valence-corrected chi connectivity index (χ2v) is 4.66. The highest BCUT2D eigenvalue weighted by atomic mass is 16.7. The van der Waals surface area contributed by atoms with Gasteiger partial charge in [0.1, 0.15) is 23.2 Å². The smallest absolute Gasteiger partial charge is 0.332 e. The number of nitrogens with two attached hydrogens (primary N) is 1. The molecule has 1 aromatic carbocycles. The van der Waals surface area contributed by atoms with Crippen LogP contribution in [0.3, 0.4) is 0 Å². The summed E-state index contributed by atoms with van der Waals surface area (Å²) in [4.78, 5) is 35.4. The summed E-state index contributed by atoms with van der Waals surface area (Å²) in [5.74, 6) is -1.44. The predicted octanol–water partition coefficient (Wildman–Crippen LogP) is 0.743. The molecular formula is C15H9N5O3. The lowest BCUT2D eigenvalue weighted by molar-refractivity contribution is -0.140. The molecule has 1 heterocycles. The molecule has 0 saturated heterocycles. The number of benzene rings is 1. The summed E-state index contributed by atoms with van der Waals surface area (Å²) in [6.07, 6.45) is 0. The summed E-state index contributed by atoms with van der Waals surface area (Å²) >= 11 is 0. The number of oxime groups is 1. The van der Waals surface area contributed by atoms with Gasteiger partial charge in [-0.2, -0.15) is 5.26 Å². The van der Waals surface area contributed by atoms with Crippen molar-refractivity contribution in [1.29, 1.82) is 5.26 Å². The first-order chi connectivity index (χ1) is 11.0. The summed E-state index contributed by atoms with van der Waals surface area (Å²) < 4.78 is 0. The number of aromatic nitrogens is 2. The van der Waals surface area contributed by atoms with Gasteiger partial charge in [-0.15, -0.1) is 0 Å². The van der Waals surface area contributed by atoms with Crippen molar-refractivity contribution in [2.45, 2.75) is 6.92 Å². The van der Waals surface area contributed by atoms with Crippen LogP contribution in [-0.4, -0.2) is 27.6 Å². The summed E-state index contributed by atoms with van der Waals surface area (Å²) in [5.41, 5.74) is 7.00. The van der Waals surface area contributed by atoms with Gasteiger partial charge in [-0.25, -0.2) is 14.8 Å². The van der Waals surface area contributed by atoms with E-state index < -0.39 is 11.9 Å². The average Bonchev–Trinajstić information content (AvgIpc) is 2.84. The van der Waals surface area contributed by atoms with E-state index in [1.165, 1.54) is 6.92 Å². The number of nitrogens with zero attached hydrogens (tertiary/aromatic N) is 4. The van der Waals surface area contributed by atoms with Gasteiger partial charge in [0.05, 0.1) is 0 Å². The van der Waals surface area contributed by atoms with Crippen molar-refractivity contribution in [2.75, 3.05) is 0 Å². The van der Waals surface area contributed by atoms with Crippen molar-refractivity contribution in [3.63, 3.8) is 0 Å². The molecule has 8 heteroatoms. The fourth-order valence-electron chi connectivity index (χ4n) is 2.26. The fourth-order valence-corrected chi connectivity index (χ4v) is 2.26. The minimum Gasteiger partial charge on any atom is -0.364 e. The third kappa shape index (κ3) is 2.30. The maximum absolute atomic E-state index is 11.5. The van der Waals surface area contributed by atoms with Gasteiger partial charge < -0.3 is 10.6 Å². The van der Waals surface area contributed by atoms with Gasteiger partial charge in [-0.05, 0) is 0 Å². The molecule has 8 nitrogen and oxygen atoms in total. The topological polar surface area (TPSA) is 131 Å². The van der Waals surface area contributed by atoms with E-state index in [1.54, 1.807) is 30.3 Å². The number of amides is 1. The van der Waals surface area contributed by atoms with E-state index in [-0.39, 0.29) is 22.8 Å². The first-order valence-corrected chi connectivity index (χ1v) is 6.50. The monoisotopic (exact) mass is 307 g/mol. The highest BCUT2D eigenvalue weighted by molar-refractivity contribution is 6.22. The van der Waals surface area contributed by atoms with Gasteiger partial charge in [0.25, 0.3) is 5.91 Å². The Balaban J connectivity index is 2.30. The Morgan fingerprint density at radius 3 is 2.52 bits per heavy atom. The zero-order chi connectivity index (χ0) is 16.6. The predicted molar refractivity (Wildman–Crippen MR) is 78.1 cm³/mol. The molecular weight excluding hydrogens is 298 g/mol. The molecule has 0 atom stereocenters. The van der Waals surface area contributed by atoms with E-state index in [9.17, 15) is 9.59 Å². The van der Waals surface area contributed by atoms with Crippen LogP contribution in [0.5, 0.6) is 0 Å². The van der Waals surface area contributed by atoms with Gasteiger partial charge >= 0.3 is 5.97 Å². The zero-order valence-corrected chi connectivity index (χ0v) is 11.9. The molecule has 2 N–H and O–H groups in total. The molecule has 1 amide bonds. The van der Waals surface area contributed by atoms with Crippen molar-refractivity contribution < 1.29 is 14.4 Å². The van der Waals surface area contributed by atoms with Crippen LogP contribution in [0.25, 0.3) is 11.3 Å². The Morgan fingerprint density at radius 2 is 1.91 bits per heavy atom. The number of fused-ring (bicyclic) bond motifs is 3. The first-order valence-electron chi connectivity index (χ1n) is 6.50. The molecule has 1 aliphatic carbocycles. The van der Waals surface area contributed by atoms with Crippen molar-refractivity contribution in [3.8, 4) is 17.3 Å². The van der Waals surface area contributed by atoms with Crippen LogP contribution < -0.4 is 5.73 Å². The lowest BCUT2D eigenvalue weighted by Gasteiger charge is -2.03. The quantitative estimate of drug-likeness (QED) is 0.548. The molecule has 2 aromatic rings. The van der Waals surface area contributed by atoms with Crippen LogP contribution in [-0.2, 0) is 9.63 Å². The third-order valence-corrected chi connectivity index (χ3v) is 3.16. The number of primary amides is 1. The Labute approximate surface area is 130 Å². The van der Waals surface area contributed by atoms with Crippen molar-refractivity contribution in [2.24, 2.45) is 10.9 Å². The second kappa shape index (κ2) is 5.31. The van der Waals surface area contributed by atoms with Crippen LogP contribution in [0.1, 0.15) is 34.4 Å². The van der Waals surface area contributed by atoms with Gasteiger partial charge in [-0.1, -0.05) is 29.4 Å². The average molecular weight is 307 g/mol. The largest absolute Gasteiger partial charge is 0.364 e. The molecule has 0 bridgehead atoms. The molecule has 0 fully saturated rings. The van der Waals surface area contributed by atoms with E-state index in [4.69, 9.17) is 15.8 Å². The number of nitriles is 1. The summed E-state index contributed by atoms with van der Waals surface area (Å²) in [6.45, 7) is 1.22. The molecule has 0 saturated carbocycles. The highest BCUT2D eigenvalue weighted by Gasteiger charge is 2.31. The maximum atomic E-state index is 11.5. The van der Waals surface area contributed by atoms with E-state index in [0.717, 1.165) is 0 Å². The molecule has 1 aliphatic rings. The van der Waals surface area contributed by atoms with Crippen LogP contribution in [0.2, 0.25) is 0 Å². The minimum atomic E-state index is -0.847. The molecule has 0 spiro atoms. The Kier molecular flexibility index (Phi) is 3.31. The minimum absolute atomic E-state index is 0.209. The molecule has 0 aliphatic heterocycles. The van der Waals surface area contributed by atoms with E-state index in [2.05, 4.69) is 15.1 Å². The number of carbonyl (C=O) groups excluding carboxylic acids is 2. The molecule has 0 radical (unpaired) electrons. The SMILES string of the molecule is CC(=O)O/N=C1/c2ccccc2-c2nc(C(N)=O)c(C#N)nc21. The second-order valence-electron chi connectivity index (χ2n) is 4.66. The third-order valence-electron chi connectivity index (χ3n) is 3.16. The van der Waals surface area contributed by atoms with Crippen molar-refractivity contribution in [3.05, 3.63) is 46.9 Å². The number of hydrogen-bond acceptors (Lipinski definition) is 7. The molecule has 3 rings (SSSR count). The number of rotatable bonds is 2. The Hall–Kier alpha value is -3.60. The summed E-state index contributed by atoms with van der Waals surface area (Å²) in [7, 11) is 0. The summed E-state index contributed by atoms with van der Waals surface area (Å²) in [6, 6.07) is 8.84. The van der Waals surface area contributed by atoms with E-state index >= 15 is 0 Å². The number of hydrogen-bond donors (Lipinski definition) is 1. The van der Waals surface area contributed by atoms with Gasteiger partial charge in [-0.3, -0.25) is 4.79 Å². The molecule has 1 aromatic heterocycles. The Morgan fingerprint density at radius 1 is 1.22 bits per heavy atom. The first kappa shape index (κ1) is 14.3. The van der Waals surface area contributed by atoms with Crippen LogP contribution >= 0.6 is 0 Å². The lowest BCUT2D eigenvalue weighted by atomic mass is 10.1. The summed E-state index contributed by atoms with van der Waals surface area (Å²) in [5, 5.41) is 12.9. The highest BCUT2D eigenvalue weighted by Crippen LogP contribution is 2.35. The lowest BCUT2D eigenvalue weighted by Crippen LogP contribution is -2.18.